The van der Waals surface area contributed by atoms with Crippen molar-refractivity contribution in [2.45, 2.75) is 82.8 Å². The Morgan fingerprint density at radius 1 is 1.06 bits per heavy atom. The van der Waals surface area contributed by atoms with E-state index in [-0.39, 0.29) is 0 Å². The summed E-state index contributed by atoms with van der Waals surface area (Å²) in [6, 6.07) is 0. The van der Waals surface area contributed by atoms with Crippen LogP contribution in [0.1, 0.15) is 71.1 Å². The van der Waals surface area contributed by atoms with Gasteiger partial charge in [0.25, 0.3) is 0 Å². The molecular formula is C16H29NO. The maximum absolute atomic E-state index is 6.40. The quantitative estimate of drug-likeness (QED) is 0.805. The van der Waals surface area contributed by atoms with Crippen molar-refractivity contribution in [2.24, 2.45) is 5.41 Å². The Labute approximate surface area is 112 Å². The highest BCUT2D eigenvalue weighted by molar-refractivity contribution is 4.95. The van der Waals surface area contributed by atoms with Crippen LogP contribution in [0.4, 0.5) is 0 Å². The molecule has 2 saturated carbocycles. The van der Waals surface area contributed by atoms with Gasteiger partial charge in [0.2, 0.25) is 0 Å². The Morgan fingerprint density at radius 3 is 2.50 bits per heavy atom. The molecule has 1 heterocycles. The number of rotatable bonds is 5. The minimum Gasteiger partial charge on any atom is -0.370 e. The molecule has 2 aliphatic carbocycles. The minimum absolute atomic E-state index is 0.298. The zero-order valence-electron chi connectivity index (χ0n) is 12.0. The van der Waals surface area contributed by atoms with Crippen LogP contribution in [0.5, 0.6) is 0 Å². The van der Waals surface area contributed by atoms with E-state index in [4.69, 9.17) is 4.74 Å². The largest absolute Gasteiger partial charge is 0.370 e. The summed E-state index contributed by atoms with van der Waals surface area (Å²) in [6.07, 6.45) is 14.2. The first-order valence-electron chi connectivity index (χ1n) is 8.15. The van der Waals surface area contributed by atoms with Crippen molar-refractivity contribution in [3.05, 3.63) is 0 Å². The van der Waals surface area contributed by atoms with E-state index in [1.807, 2.05) is 0 Å². The zero-order chi connectivity index (χ0) is 12.5. The fourth-order valence-corrected chi connectivity index (χ4v) is 3.93. The molecule has 0 aromatic rings. The Hall–Kier alpha value is -0.0800. The summed E-state index contributed by atoms with van der Waals surface area (Å²) < 4.78 is 6.40. The molecule has 1 N–H and O–H groups in total. The number of nitrogens with one attached hydrogen (secondary N) is 1. The molecule has 1 unspecified atom stereocenters. The van der Waals surface area contributed by atoms with Crippen molar-refractivity contribution in [3.8, 4) is 0 Å². The van der Waals surface area contributed by atoms with E-state index < -0.39 is 0 Å². The standard InChI is InChI=1S/C16H29NO/c1-2-15(10-11-15)13-17-12-14-6-9-16(18-14)7-4-3-5-8-16/h14,17H,2-13H2,1H3. The van der Waals surface area contributed by atoms with Crippen molar-refractivity contribution in [1.29, 1.82) is 0 Å². The van der Waals surface area contributed by atoms with E-state index in [1.165, 1.54) is 70.8 Å². The summed E-state index contributed by atoms with van der Waals surface area (Å²) in [5.41, 5.74) is 0.966. The Kier molecular flexibility index (Phi) is 3.68. The van der Waals surface area contributed by atoms with Gasteiger partial charge in [-0.05, 0) is 50.4 Å². The molecule has 1 saturated heterocycles. The molecule has 0 aromatic carbocycles. The highest BCUT2D eigenvalue weighted by Crippen LogP contribution is 2.48. The molecule has 1 spiro atoms. The maximum Gasteiger partial charge on any atom is 0.0708 e. The average molecular weight is 251 g/mol. The van der Waals surface area contributed by atoms with E-state index in [9.17, 15) is 0 Å². The topological polar surface area (TPSA) is 21.3 Å². The lowest BCUT2D eigenvalue weighted by Gasteiger charge is -2.33. The lowest BCUT2D eigenvalue weighted by atomic mass is 9.83. The van der Waals surface area contributed by atoms with Crippen molar-refractivity contribution in [1.82, 2.24) is 5.32 Å². The predicted octanol–water partition coefficient (Wildman–Crippen LogP) is 3.65. The monoisotopic (exact) mass is 251 g/mol. The van der Waals surface area contributed by atoms with Gasteiger partial charge in [-0.2, -0.15) is 0 Å². The summed E-state index contributed by atoms with van der Waals surface area (Å²) in [4.78, 5) is 0. The second-order valence-corrected chi connectivity index (χ2v) is 7.01. The van der Waals surface area contributed by atoms with Crippen LogP contribution in [-0.4, -0.2) is 24.8 Å². The van der Waals surface area contributed by atoms with Crippen LogP contribution in [0, 0.1) is 5.41 Å². The first kappa shape index (κ1) is 12.9. The SMILES string of the molecule is CCC1(CNCC2CCC3(CCCCC3)O2)CC1. The second-order valence-electron chi connectivity index (χ2n) is 7.01. The molecule has 3 rings (SSSR count). The van der Waals surface area contributed by atoms with Gasteiger partial charge < -0.3 is 10.1 Å². The van der Waals surface area contributed by atoms with Crippen LogP contribution in [0.2, 0.25) is 0 Å². The number of hydrogen-bond acceptors (Lipinski definition) is 2. The Balaban J connectivity index is 1.39. The van der Waals surface area contributed by atoms with Gasteiger partial charge >= 0.3 is 0 Å². The fourth-order valence-electron chi connectivity index (χ4n) is 3.93. The molecule has 2 heteroatoms. The smallest absolute Gasteiger partial charge is 0.0708 e. The molecule has 0 bridgehead atoms. The van der Waals surface area contributed by atoms with Crippen LogP contribution >= 0.6 is 0 Å². The summed E-state index contributed by atoms with van der Waals surface area (Å²) in [6.45, 7) is 4.64. The highest BCUT2D eigenvalue weighted by atomic mass is 16.5. The lowest BCUT2D eigenvalue weighted by Crippen LogP contribution is -2.36. The normalized spacial score (nSPS) is 32.8. The van der Waals surface area contributed by atoms with Gasteiger partial charge in [-0.15, -0.1) is 0 Å². The molecule has 18 heavy (non-hydrogen) atoms. The molecule has 0 aromatic heterocycles. The molecule has 0 radical (unpaired) electrons. The minimum atomic E-state index is 0.298. The molecule has 1 aliphatic heterocycles. The van der Waals surface area contributed by atoms with E-state index in [2.05, 4.69) is 12.2 Å². The van der Waals surface area contributed by atoms with E-state index >= 15 is 0 Å². The van der Waals surface area contributed by atoms with Crippen molar-refractivity contribution in [3.63, 3.8) is 0 Å². The predicted molar refractivity (Wildman–Crippen MR) is 74.8 cm³/mol. The molecule has 2 nitrogen and oxygen atoms in total. The third kappa shape index (κ3) is 2.75. The van der Waals surface area contributed by atoms with E-state index in [1.54, 1.807) is 0 Å². The van der Waals surface area contributed by atoms with E-state index in [0.29, 0.717) is 17.1 Å². The average Bonchev–Trinajstić information content (AvgIpc) is 3.09. The summed E-state index contributed by atoms with van der Waals surface area (Å²) in [5, 5.41) is 3.68. The lowest BCUT2D eigenvalue weighted by molar-refractivity contribution is -0.0625. The first-order valence-corrected chi connectivity index (χ1v) is 8.15. The number of ether oxygens (including phenoxy) is 1. The first-order chi connectivity index (χ1) is 8.76. The summed E-state index contributed by atoms with van der Waals surface area (Å²) in [5.74, 6) is 0. The van der Waals surface area contributed by atoms with Gasteiger partial charge in [0.1, 0.15) is 0 Å². The number of hydrogen-bond donors (Lipinski definition) is 1. The van der Waals surface area contributed by atoms with Crippen LogP contribution in [-0.2, 0) is 4.74 Å². The van der Waals surface area contributed by atoms with Gasteiger partial charge in [-0.3, -0.25) is 0 Å². The second kappa shape index (κ2) is 5.13. The van der Waals surface area contributed by atoms with E-state index in [0.717, 1.165) is 6.54 Å². The van der Waals surface area contributed by atoms with Crippen LogP contribution in [0.15, 0.2) is 0 Å². The summed E-state index contributed by atoms with van der Waals surface area (Å²) >= 11 is 0. The molecular weight excluding hydrogens is 222 g/mol. The summed E-state index contributed by atoms with van der Waals surface area (Å²) in [7, 11) is 0. The van der Waals surface area contributed by atoms with Crippen LogP contribution in [0.25, 0.3) is 0 Å². The van der Waals surface area contributed by atoms with Crippen molar-refractivity contribution >= 4 is 0 Å². The van der Waals surface area contributed by atoms with Gasteiger partial charge in [0.05, 0.1) is 11.7 Å². The molecule has 1 atom stereocenters. The van der Waals surface area contributed by atoms with Crippen molar-refractivity contribution in [2.75, 3.05) is 13.1 Å². The van der Waals surface area contributed by atoms with Crippen molar-refractivity contribution < 1.29 is 4.74 Å². The van der Waals surface area contributed by atoms with Gasteiger partial charge in [-0.1, -0.05) is 26.2 Å². The third-order valence-electron chi connectivity index (χ3n) is 5.68. The van der Waals surface area contributed by atoms with Crippen LogP contribution in [0.3, 0.4) is 0 Å². The molecule has 0 amide bonds. The molecule has 104 valence electrons. The maximum atomic E-state index is 6.40. The Bertz CT molecular complexity index is 279. The Morgan fingerprint density at radius 2 is 1.83 bits per heavy atom. The van der Waals surface area contributed by atoms with Gasteiger partial charge in [-0.25, -0.2) is 0 Å². The molecule has 3 aliphatic rings. The molecule has 3 fully saturated rings. The highest BCUT2D eigenvalue weighted by Gasteiger charge is 2.42. The fraction of sp³-hybridized carbons (Fsp3) is 1.00. The van der Waals surface area contributed by atoms with Gasteiger partial charge in [0.15, 0.2) is 0 Å². The third-order valence-corrected chi connectivity index (χ3v) is 5.68. The van der Waals surface area contributed by atoms with Crippen LogP contribution < -0.4 is 5.32 Å². The zero-order valence-corrected chi connectivity index (χ0v) is 12.0. The van der Waals surface area contributed by atoms with Gasteiger partial charge in [0, 0.05) is 13.1 Å².